The molecule has 2 aromatic rings. The average molecular weight is 336 g/mol. The molecule has 0 N–H and O–H groups in total. The van der Waals surface area contributed by atoms with Crippen molar-refractivity contribution in [3.8, 4) is 11.1 Å². The summed E-state index contributed by atoms with van der Waals surface area (Å²) in [7, 11) is 0. The number of benzene rings is 2. The van der Waals surface area contributed by atoms with Gasteiger partial charge in [0.05, 0.1) is 13.2 Å². The van der Waals surface area contributed by atoms with E-state index < -0.39 is 17.9 Å². The summed E-state index contributed by atoms with van der Waals surface area (Å²) < 4.78 is 10.1. The van der Waals surface area contributed by atoms with Crippen LogP contribution in [0.25, 0.3) is 16.7 Å². The Morgan fingerprint density at radius 3 is 1.60 bits per heavy atom. The second-order valence-corrected chi connectivity index (χ2v) is 5.65. The van der Waals surface area contributed by atoms with Crippen molar-refractivity contribution in [2.75, 3.05) is 13.2 Å². The molecule has 4 nitrogen and oxygen atoms in total. The normalized spacial score (nSPS) is 11.7. The monoisotopic (exact) mass is 336 g/mol. The number of esters is 2. The number of carbonyl (C=O) groups is 2. The highest BCUT2D eigenvalue weighted by Gasteiger charge is 2.31. The van der Waals surface area contributed by atoms with Crippen LogP contribution in [-0.4, -0.2) is 25.2 Å². The van der Waals surface area contributed by atoms with Gasteiger partial charge in [0.15, 0.2) is 5.92 Å². The van der Waals surface area contributed by atoms with Gasteiger partial charge in [-0.2, -0.15) is 0 Å². The Bertz CT molecular complexity index is 770. The Balaban J connectivity index is 2.11. The summed E-state index contributed by atoms with van der Waals surface area (Å²) in [5, 5.41) is 0. The summed E-state index contributed by atoms with van der Waals surface area (Å²) >= 11 is 0. The number of hydrogen-bond acceptors (Lipinski definition) is 4. The van der Waals surface area contributed by atoms with Gasteiger partial charge in [-0.1, -0.05) is 54.6 Å². The van der Waals surface area contributed by atoms with E-state index in [2.05, 4.69) is 0 Å². The van der Waals surface area contributed by atoms with Crippen LogP contribution in [0, 0.1) is 5.92 Å². The fourth-order valence-electron chi connectivity index (χ4n) is 3.09. The van der Waals surface area contributed by atoms with E-state index in [1.165, 1.54) is 0 Å². The van der Waals surface area contributed by atoms with Crippen molar-refractivity contribution >= 4 is 17.5 Å². The van der Waals surface area contributed by atoms with Crippen LogP contribution in [0.1, 0.15) is 25.0 Å². The lowest BCUT2D eigenvalue weighted by Crippen LogP contribution is -2.26. The topological polar surface area (TPSA) is 52.6 Å². The van der Waals surface area contributed by atoms with Gasteiger partial charge in [0.2, 0.25) is 0 Å². The van der Waals surface area contributed by atoms with E-state index in [9.17, 15) is 9.59 Å². The van der Waals surface area contributed by atoms with Crippen LogP contribution in [0.3, 0.4) is 0 Å². The molecule has 0 heterocycles. The second kappa shape index (κ2) is 7.34. The first-order valence-corrected chi connectivity index (χ1v) is 8.41. The first-order valence-electron chi connectivity index (χ1n) is 8.41. The minimum Gasteiger partial charge on any atom is -0.465 e. The van der Waals surface area contributed by atoms with Crippen LogP contribution < -0.4 is 0 Å². The molecule has 1 aliphatic rings. The molecule has 0 saturated heterocycles. The maximum Gasteiger partial charge on any atom is 0.324 e. The van der Waals surface area contributed by atoms with E-state index in [0.717, 1.165) is 27.8 Å². The second-order valence-electron chi connectivity index (χ2n) is 5.65. The summed E-state index contributed by atoms with van der Waals surface area (Å²) in [6.45, 7) is 3.86. The summed E-state index contributed by atoms with van der Waals surface area (Å²) in [6, 6.07) is 15.9. The van der Waals surface area contributed by atoms with Gasteiger partial charge in [-0.15, -0.1) is 0 Å². The number of hydrogen-bond donors (Lipinski definition) is 0. The van der Waals surface area contributed by atoms with Gasteiger partial charge in [0.1, 0.15) is 0 Å². The molecule has 0 fully saturated rings. The lowest BCUT2D eigenvalue weighted by molar-refractivity contribution is -0.158. The van der Waals surface area contributed by atoms with Crippen molar-refractivity contribution < 1.29 is 19.1 Å². The molecule has 128 valence electrons. The molecule has 4 heteroatoms. The molecule has 2 aromatic carbocycles. The molecule has 25 heavy (non-hydrogen) atoms. The van der Waals surface area contributed by atoms with Crippen LogP contribution in [0.4, 0.5) is 0 Å². The molecular weight excluding hydrogens is 316 g/mol. The Kier molecular flexibility index (Phi) is 4.98. The number of carbonyl (C=O) groups excluding carboxylic acids is 2. The fraction of sp³-hybridized carbons (Fsp3) is 0.238. The summed E-state index contributed by atoms with van der Waals surface area (Å²) in [6.07, 6.45) is 1.67. The van der Waals surface area contributed by atoms with Crippen LogP contribution in [0.2, 0.25) is 0 Å². The third-order valence-corrected chi connectivity index (χ3v) is 4.14. The first-order chi connectivity index (χ1) is 12.2. The molecule has 1 aliphatic carbocycles. The third kappa shape index (κ3) is 3.20. The first kappa shape index (κ1) is 17.0. The summed E-state index contributed by atoms with van der Waals surface area (Å²) in [5.74, 6) is -2.25. The minimum absolute atomic E-state index is 0.213. The van der Waals surface area contributed by atoms with Gasteiger partial charge in [0.25, 0.3) is 0 Å². The number of ether oxygens (including phenoxy) is 2. The molecule has 0 aliphatic heterocycles. The molecule has 0 bridgehead atoms. The van der Waals surface area contributed by atoms with Gasteiger partial charge in [-0.05, 0) is 41.7 Å². The third-order valence-electron chi connectivity index (χ3n) is 4.14. The SMILES string of the molecule is CCOC(=O)C(C=C1c2ccccc2-c2ccccc21)C(=O)OCC. The number of fused-ring (bicyclic) bond motifs is 3. The average Bonchev–Trinajstić information content (AvgIpc) is 2.94. The van der Waals surface area contributed by atoms with Crippen molar-refractivity contribution in [2.24, 2.45) is 5.92 Å². The molecule has 3 rings (SSSR count). The van der Waals surface area contributed by atoms with Crippen LogP contribution >= 0.6 is 0 Å². The Labute approximate surface area is 147 Å². The predicted octanol–water partition coefficient (Wildman–Crippen LogP) is 3.84. The zero-order chi connectivity index (χ0) is 17.8. The van der Waals surface area contributed by atoms with E-state index in [1.807, 2.05) is 48.5 Å². The van der Waals surface area contributed by atoms with E-state index in [-0.39, 0.29) is 13.2 Å². The Morgan fingerprint density at radius 2 is 1.20 bits per heavy atom. The lowest BCUT2D eigenvalue weighted by atomic mass is 9.98. The Hall–Kier alpha value is -2.88. The van der Waals surface area contributed by atoms with E-state index in [1.54, 1.807) is 19.9 Å². The van der Waals surface area contributed by atoms with Crippen molar-refractivity contribution in [1.82, 2.24) is 0 Å². The fourth-order valence-corrected chi connectivity index (χ4v) is 3.09. The number of rotatable bonds is 5. The lowest BCUT2D eigenvalue weighted by Gasteiger charge is -2.13. The van der Waals surface area contributed by atoms with Crippen molar-refractivity contribution in [2.45, 2.75) is 13.8 Å². The molecule has 0 unspecified atom stereocenters. The van der Waals surface area contributed by atoms with E-state index >= 15 is 0 Å². The largest absolute Gasteiger partial charge is 0.465 e. The molecule has 0 aromatic heterocycles. The van der Waals surface area contributed by atoms with Crippen LogP contribution in [0.5, 0.6) is 0 Å². The smallest absolute Gasteiger partial charge is 0.324 e. The quantitative estimate of drug-likeness (QED) is 0.525. The summed E-state index contributed by atoms with van der Waals surface area (Å²) in [5.41, 5.74) is 5.05. The molecular formula is C21H20O4. The predicted molar refractivity (Wildman–Crippen MR) is 95.7 cm³/mol. The minimum atomic E-state index is -1.07. The highest BCUT2D eigenvalue weighted by Crippen LogP contribution is 2.44. The zero-order valence-corrected chi connectivity index (χ0v) is 14.3. The maximum absolute atomic E-state index is 12.3. The molecule has 0 radical (unpaired) electrons. The van der Waals surface area contributed by atoms with Crippen LogP contribution in [0.15, 0.2) is 54.6 Å². The van der Waals surface area contributed by atoms with Gasteiger partial charge in [-0.3, -0.25) is 9.59 Å². The van der Waals surface area contributed by atoms with Crippen molar-refractivity contribution in [1.29, 1.82) is 0 Å². The highest BCUT2D eigenvalue weighted by atomic mass is 16.6. The van der Waals surface area contributed by atoms with Crippen molar-refractivity contribution in [3.63, 3.8) is 0 Å². The van der Waals surface area contributed by atoms with Crippen LogP contribution in [-0.2, 0) is 19.1 Å². The zero-order valence-electron chi connectivity index (χ0n) is 14.3. The van der Waals surface area contributed by atoms with E-state index in [0.29, 0.717) is 0 Å². The van der Waals surface area contributed by atoms with Gasteiger partial charge < -0.3 is 9.47 Å². The molecule has 0 spiro atoms. The van der Waals surface area contributed by atoms with Gasteiger partial charge in [-0.25, -0.2) is 0 Å². The molecule has 0 amide bonds. The maximum atomic E-state index is 12.3. The standard InChI is InChI=1S/C21H20O4/c1-3-24-20(22)19(21(23)25-4-2)13-18-16-11-7-5-9-14(16)15-10-6-8-12-17(15)18/h5-13,19H,3-4H2,1-2H3. The summed E-state index contributed by atoms with van der Waals surface area (Å²) in [4.78, 5) is 24.6. The van der Waals surface area contributed by atoms with Crippen molar-refractivity contribution in [3.05, 3.63) is 65.7 Å². The molecule has 0 atom stereocenters. The highest BCUT2D eigenvalue weighted by molar-refractivity contribution is 6.05. The Morgan fingerprint density at radius 1 is 0.800 bits per heavy atom. The molecule has 0 saturated carbocycles. The van der Waals surface area contributed by atoms with E-state index in [4.69, 9.17) is 9.47 Å². The van der Waals surface area contributed by atoms with Gasteiger partial charge >= 0.3 is 11.9 Å². The van der Waals surface area contributed by atoms with Gasteiger partial charge in [0, 0.05) is 0 Å².